The molecule has 0 saturated carbocycles. The first-order valence-corrected chi connectivity index (χ1v) is 35.6. The SMILES string of the molecule is CCOP(=O)(Cc1cccc(-c2c3nc(c(-c4cccc(CP(=O)(OCC)OCC)c4)c4ccc([nH]4)c(-c4cccc(CP(=O)(OCC)OCC)c4)c4nc(c(-c5cccc(CP(=O)(OCC)OCC)c5)c5ccc2[nH]5)C=C4)C=C3)c1)OCC. The second-order valence-corrected chi connectivity index (χ2v) is 27.9. The third kappa shape index (κ3) is 14.8. The lowest BCUT2D eigenvalue weighted by atomic mass is 10.0. The molecule has 0 unspecified atom stereocenters. The summed E-state index contributed by atoms with van der Waals surface area (Å²) in [7, 11) is -14.0. The van der Waals surface area contributed by atoms with Gasteiger partial charge in [-0.1, -0.05) is 97.1 Å². The quantitative estimate of drug-likeness (QED) is 0.0439. The first kappa shape index (κ1) is 62.6. The van der Waals surface area contributed by atoms with Gasteiger partial charge in [0.15, 0.2) is 0 Å². The summed E-state index contributed by atoms with van der Waals surface area (Å²) in [5.41, 5.74) is 14.6. The second-order valence-electron chi connectivity index (χ2n) is 19.7. The molecule has 0 atom stereocenters. The second kappa shape index (κ2) is 28.1. The third-order valence-corrected chi connectivity index (χ3v) is 22.0. The molecule has 4 aromatic carbocycles. The van der Waals surface area contributed by atoms with Crippen molar-refractivity contribution in [2.45, 2.75) is 80.0 Å². The van der Waals surface area contributed by atoms with Crippen LogP contribution in [0.15, 0.2) is 121 Å². The summed E-state index contributed by atoms with van der Waals surface area (Å²) in [4.78, 5) is 18.7. The zero-order valence-electron chi connectivity index (χ0n) is 48.9. The van der Waals surface area contributed by atoms with Crippen LogP contribution in [0.4, 0.5) is 0 Å². The monoisotopic (exact) mass is 1210 g/mol. The zero-order chi connectivity index (χ0) is 59.5. The number of hydrogen-bond acceptors (Lipinski definition) is 14. The maximum absolute atomic E-state index is 14.1. The summed E-state index contributed by atoms with van der Waals surface area (Å²) in [6.45, 7) is 16.2. The standard InChI is InChI=1S/C64H74N4O12P4/c1-9-73-81(69,74-10-2)41-45-21-17-25-49(37-45)61-53-29-31-55(65-53)62(50-26-18-22-46(38-50)42-82(70,75-11-3)76-12-4)57-33-35-59(67-57)64(52-28-20-24-48(40-52)44-84(72,79-15-7)80-16-8)60-36-34-58(68-60)63(56-32-30-54(61)66-56)51-27-19-23-47(39-51)43-83(71,77-13-5)78-14-6/h17-40,65,68H,9-16,41-44H2,1-8H3. The van der Waals surface area contributed by atoms with Crippen molar-refractivity contribution in [2.75, 3.05) is 52.9 Å². The maximum Gasteiger partial charge on any atom is 0.335 e. The number of H-pyrrole nitrogens is 2. The minimum atomic E-state index is -3.51. The normalized spacial score (nSPS) is 12.9. The van der Waals surface area contributed by atoms with Crippen molar-refractivity contribution in [2.24, 2.45) is 0 Å². The summed E-state index contributed by atoms with van der Waals surface area (Å²) in [5.74, 6) is 0. The van der Waals surface area contributed by atoms with E-state index in [1.807, 2.05) is 146 Å². The highest BCUT2D eigenvalue weighted by Gasteiger charge is 2.29. The molecule has 0 radical (unpaired) electrons. The molecule has 0 amide bonds. The van der Waals surface area contributed by atoms with Gasteiger partial charge in [-0.25, -0.2) is 9.97 Å². The van der Waals surface area contributed by atoms with Crippen molar-refractivity contribution in [3.63, 3.8) is 0 Å². The van der Waals surface area contributed by atoms with E-state index in [0.29, 0.717) is 22.8 Å². The maximum atomic E-state index is 14.1. The van der Waals surface area contributed by atoms with E-state index in [2.05, 4.69) is 9.97 Å². The minimum absolute atomic E-state index is 0.0534. The number of rotatable bonds is 28. The average Bonchev–Trinajstić information content (AvgIpc) is 2.97. The summed E-state index contributed by atoms with van der Waals surface area (Å²) >= 11 is 0. The Morgan fingerprint density at radius 2 is 0.512 bits per heavy atom. The Morgan fingerprint density at radius 3 is 0.702 bits per heavy atom. The molecule has 3 aromatic heterocycles. The Morgan fingerprint density at radius 1 is 0.310 bits per heavy atom. The van der Waals surface area contributed by atoms with Gasteiger partial charge in [-0.15, -0.1) is 0 Å². The number of hydrogen-bond donors (Lipinski definition) is 2. The lowest BCUT2D eigenvalue weighted by Gasteiger charge is -2.17. The van der Waals surface area contributed by atoms with E-state index in [1.54, 1.807) is 55.4 Å². The van der Waals surface area contributed by atoms with Crippen LogP contribution >= 0.6 is 30.4 Å². The van der Waals surface area contributed by atoms with Crippen LogP contribution in [0.25, 0.3) is 90.9 Å². The van der Waals surface area contributed by atoms with Crippen molar-refractivity contribution in [1.82, 2.24) is 19.9 Å². The summed E-state index contributed by atoms with van der Waals surface area (Å²) in [6, 6.07) is 39.5. The van der Waals surface area contributed by atoms with Gasteiger partial charge in [0, 0.05) is 44.3 Å². The predicted octanol–water partition coefficient (Wildman–Crippen LogP) is 18.4. The van der Waals surface area contributed by atoms with Crippen LogP contribution in [0.5, 0.6) is 0 Å². The molecule has 0 fully saturated rings. The molecule has 9 rings (SSSR count). The van der Waals surface area contributed by atoms with Crippen LogP contribution < -0.4 is 0 Å². The molecule has 84 heavy (non-hydrogen) atoms. The lowest BCUT2D eigenvalue weighted by Crippen LogP contribution is -1.99. The van der Waals surface area contributed by atoms with E-state index >= 15 is 0 Å². The van der Waals surface area contributed by atoms with Gasteiger partial charge in [0.05, 0.1) is 100 Å². The van der Waals surface area contributed by atoms with E-state index in [9.17, 15) is 18.3 Å². The van der Waals surface area contributed by atoms with Crippen LogP contribution in [0.2, 0.25) is 0 Å². The topological polar surface area (TPSA) is 199 Å². The number of aromatic nitrogens is 4. The zero-order valence-corrected chi connectivity index (χ0v) is 52.5. The van der Waals surface area contributed by atoms with Gasteiger partial charge < -0.3 is 46.2 Å². The van der Waals surface area contributed by atoms with E-state index in [1.165, 1.54) is 0 Å². The van der Waals surface area contributed by atoms with E-state index in [4.69, 9.17) is 46.2 Å². The molecule has 16 nitrogen and oxygen atoms in total. The van der Waals surface area contributed by atoms with Crippen LogP contribution in [0.3, 0.4) is 0 Å². The van der Waals surface area contributed by atoms with Crippen molar-refractivity contribution in [1.29, 1.82) is 0 Å². The van der Waals surface area contributed by atoms with Gasteiger partial charge >= 0.3 is 30.4 Å². The van der Waals surface area contributed by atoms with Crippen LogP contribution in [-0.4, -0.2) is 72.8 Å². The van der Waals surface area contributed by atoms with E-state index in [-0.39, 0.29) is 77.5 Å². The summed E-state index contributed by atoms with van der Waals surface area (Å²) in [6.07, 6.45) is 8.19. The van der Waals surface area contributed by atoms with Crippen LogP contribution in [0, 0.1) is 0 Å². The Balaban J connectivity index is 1.39. The molecular weight excluding hydrogens is 1140 g/mol. The van der Waals surface area contributed by atoms with Crippen molar-refractivity contribution < 1.29 is 54.5 Å². The number of benzene rings is 4. The summed E-state index contributed by atoms with van der Waals surface area (Å²) < 4.78 is 102. The van der Waals surface area contributed by atoms with Gasteiger partial charge in [-0.3, -0.25) is 18.3 Å². The molecule has 5 heterocycles. The van der Waals surface area contributed by atoms with Gasteiger partial charge in [0.1, 0.15) is 0 Å². The Labute approximate surface area is 492 Å². The molecule has 442 valence electrons. The molecule has 0 saturated heterocycles. The van der Waals surface area contributed by atoms with E-state index < -0.39 is 30.4 Å². The molecule has 2 aliphatic rings. The molecule has 0 spiro atoms. The lowest BCUT2D eigenvalue weighted by molar-refractivity contribution is 0.218. The average molecular weight is 1220 g/mol. The van der Waals surface area contributed by atoms with Gasteiger partial charge in [-0.05, 0) is 148 Å². The van der Waals surface area contributed by atoms with Gasteiger partial charge in [-0.2, -0.15) is 0 Å². The minimum Gasteiger partial charge on any atom is -0.354 e. The predicted molar refractivity (Wildman–Crippen MR) is 339 cm³/mol. The number of nitrogens with zero attached hydrogens (tertiary/aromatic N) is 2. The third-order valence-electron chi connectivity index (χ3n) is 13.7. The molecule has 20 heteroatoms. The molecule has 8 bridgehead atoms. The Hall–Kier alpha value is -5.92. The van der Waals surface area contributed by atoms with Crippen molar-refractivity contribution in [3.8, 4) is 44.5 Å². The highest BCUT2D eigenvalue weighted by atomic mass is 31.2. The number of aromatic amines is 2. The fraction of sp³-hybridized carbons (Fsp3) is 0.312. The van der Waals surface area contributed by atoms with Gasteiger partial charge in [0.2, 0.25) is 0 Å². The fourth-order valence-electron chi connectivity index (χ4n) is 10.7. The first-order valence-electron chi connectivity index (χ1n) is 28.7. The smallest absolute Gasteiger partial charge is 0.335 e. The Bertz CT molecular complexity index is 3410. The number of fused-ring (bicyclic) bond motifs is 8. The van der Waals surface area contributed by atoms with Crippen molar-refractivity contribution >= 4 is 76.8 Å². The largest absolute Gasteiger partial charge is 0.354 e. The fourth-order valence-corrected chi connectivity index (χ4v) is 17.5. The van der Waals surface area contributed by atoms with Gasteiger partial charge in [0.25, 0.3) is 0 Å². The molecule has 2 N–H and O–H groups in total. The Kier molecular flexibility index (Phi) is 20.9. The first-order chi connectivity index (χ1) is 40.6. The molecule has 0 aliphatic carbocycles. The highest BCUT2D eigenvalue weighted by molar-refractivity contribution is 7.53. The number of nitrogens with one attached hydrogen (secondary N) is 2. The highest BCUT2D eigenvalue weighted by Crippen LogP contribution is 2.55. The van der Waals surface area contributed by atoms with E-state index in [0.717, 1.165) is 88.8 Å². The molecule has 2 aliphatic heterocycles. The van der Waals surface area contributed by atoms with Crippen molar-refractivity contribution in [3.05, 3.63) is 166 Å². The molecular formula is C64H74N4O12P4. The van der Waals surface area contributed by atoms with Crippen LogP contribution in [-0.2, 0) is 79.1 Å². The summed E-state index contributed by atoms with van der Waals surface area (Å²) in [5, 5.41) is 0. The molecule has 7 aromatic rings. The van der Waals surface area contributed by atoms with Crippen LogP contribution in [0.1, 0.15) is 100 Å².